The summed E-state index contributed by atoms with van der Waals surface area (Å²) in [7, 11) is 0. The van der Waals surface area contributed by atoms with Crippen molar-refractivity contribution in [1.82, 2.24) is 4.90 Å². The molecule has 1 aliphatic heterocycles. The third kappa shape index (κ3) is 2.45. The molecule has 1 aromatic rings. The van der Waals surface area contributed by atoms with Crippen molar-refractivity contribution in [2.24, 2.45) is 17.6 Å². The monoisotopic (exact) mass is 290 g/mol. The topological polar surface area (TPSA) is 63.4 Å². The Balaban J connectivity index is 2.25. The highest BCUT2D eigenvalue weighted by atomic mass is 32.1. The molecule has 20 heavy (non-hydrogen) atoms. The first-order valence-electron chi connectivity index (χ1n) is 6.57. The summed E-state index contributed by atoms with van der Waals surface area (Å²) in [6, 6.07) is 5.58. The molecule has 1 saturated heterocycles. The number of likely N-dealkylation sites (tertiary alicyclic amines) is 1. The Morgan fingerprint density at radius 3 is 2.25 bits per heavy atom. The number of thiocarbonyl (C=S) groups is 1. The van der Waals surface area contributed by atoms with Gasteiger partial charge in [-0.3, -0.25) is 14.5 Å². The maximum absolute atomic E-state index is 12.1. The summed E-state index contributed by atoms with van der Waals surface area (Å²) in [5, 5.41) is 0. The summed E-state index contributed by atoms with van der Waals surface area (Å²) in [5.41, 5.74) is 8.30. The molecule has 5 heteroatoms. The summed E-state index contributed by atoms with van der Waals surface area (Å²) in [5.74, 6) is -0.668. The van der Waals surface area contributed by atoms with Crippen LogP contribution in [0.3, 0.4) is 0 Å². The first-order valence-corrected chi connectivity index (χ1v) is 6.98. The van der Waals surface area contributed by atoms with E-state index in [0.29, 0.717) is 11.5 Å². The summed E-state index contributed by atoms with van der Waals surface area (Å²) in [6.45, 7) is 5.84. The normalized spacial score (nSPS) is 22.4. The van der Waals surface area contributed by atoms with Crippen LogP contribution in [0.2, 0.25) is 0 Å². The first kappa shape index (κ1) is 14.7. The van der Waals surface area contributed by atoms with Gasteiger partial charge in [-0.15, -0.1) is 0 Å². The van der Waals surface area contributed by atoms with Crippen LogP contribution in [0.15, 0.2) is 18.2 Å². The highest BCUT2D eigenvalue weighted by molar-refractivity contribution is 7.80. The zero-order valence-electron chi connectivity index (χ0n) is 11.8. The first-order chi connectivity index (χ1) is 9.32. The Morgan fingerprint density at radius 2 is 1.80 bits per heavy atom. The Labute approximate surface area is 123 Å². The van der Waals surface area contributed by atoms with Crippen molar-refractivity contribution in [3.8, 4) is 0 Å². The lowest BCUT2D eigenvalue weighted by Gasteiger charge is -2.16. The van der Waals surface area contributed by atoms with Crippen LogP contribution in [0.1, 0.15) is 30.5 Å². The molecule has 1 aliphatic rings. The predicted octanol–water partition coefficient (Wildman–Crippen LogP) is 1.77. The highest BCUT2D eigenvalue weighted by Crippen LogP contribution is 2.27. The van der Waals surface area contributed by atoms with Gasteiger partial charge in [0.2, 0.25) is 11.8 Å². The molecule has 2 atom stereocenters. The van der Waals surface area contributed by atoms with Crippen LogP contribution in [0, 0.1) is 18.8 Å². The molecule has 4 nitrogen and oxygen atoms in total. The Bertz CT molecular complexity index is 578. The molecule has 2 amide bonds. The quantitative estimate of drug-likeness (QED) is 0.681. The van der Waals surface area contributed by atoms with E-state index in [0.717, 1.165) is 16.7 Å². The van der Waals surface area contributed by atoms with Gasteiger partial charge in [0.05, 0.1) is 6.54 Å². The maximum Gasteiger partial charge on any atom is 0.233 e. The van der Waals surface area contributed by atoms with Gasteiger partial charge in [-0.05, 0) is 24.1 Å². The molecular formula is C15H18N2O2S. The Kier molecular flexibility index (Phi) is 3.90. The van der Waals surface area contributed by atoms with E-state index < -0.39 is 0 Å². The molecule has 1 aromatic carbocycles. The minimum absolute atomic E-state index is 0.0969. The van der Waals surface area contributed by atoms with Gasteiger partial charge >= 0.3 is 0 Å². The molecule has 0 aromatic heterocycles. The van der Waals surface area contributed by atoms with E-state index in [2.05, 4.69) is 0 Å². The number of aryl methyl sites for hydroxylation is 1. The van der Waals surface area contributed by atoms with Crippen molar-refractivity contribution in [2.45, 2.75) is 27.3 Å². The Hall–Kier alpha value is -1.75. The van der Waals surface area contributed by atoms with Crippen molar-refractivity contribution >= 4 is 29.0 Å². The highest BCUT2D eigenvalue weighted by Gasteiger charge is 2.42. The molecule has 2 unspecified atom stereocenters. The number of hydrogen-bond donors (Lipinski definition) is 1. The van der Waals surface area contributed by atoms with Crippen LogP contribution in [0.25, 0.3) is 0 Å². The largest absolute Gasteiger partial charge is 0.389 e. The minimum Gasteiger partial charge on any atom is -0.389 e. The van der Waals surface area contributed by atoms with Crippen LogP contribution < -0.4 is 5.73 Å². The summed E-state index contributed by atoms with van der Waals surface area (Å²) >= 11 is 4.94. The number of imide groups is 1. The van der Waals surface area contributed by atoms with Crippen molar-refractivity contribution in [2.75, 3.05) is 0 Å². The smallest absolute Gasteiger partial charge is 0.233 e. The number of hydrogen-bond acceptors (Lipinski definition) is 3. The maximum atomic E-state index is 12.1. The zero-order valence-corrected chi connectivity index (χ0v) is 12.7. The molecule has 2 rings (SSSR count). The van der Waals surface area contributed by atoms with Gasteiger partial charge in [0, 0.05) is 17.4 Å². The van der Waals surface area contributed by atoms with Crippen LogP contribution in [0.5, 0.6) is 0 Å². The van der Waals surface area contributed by atoms with E-state index >= 15 is 0 Å². The number of benzene rings is 1. The van der Waals surface area contributed by atoms with Gasteiger partial charge < -0.3 is 5.73 Å². The molecule has 0 bridgehead atoms. The number of carbonyl (C=O) groups excluding carboxylic acids is 2. The molecule has 1 heterocycles. The standard InChI is InChI=1S/C15H18N2O2S/c1-8-6-11(13(16)20)4-5-12(8)7-17-14(18)9(2)10(3)15(17)19/h4-6,9-10H,7H2,1-3H3,(H2,16,20). The zero-order chi connectivity index (χ0) is 15.0. The van der Waals surface area contributed by atoms with E-state index in [4.69, 9.17) is 18.0 Å². The second kappa shape index (κ2) is 5.32. The number of amides is 2. The fourth-order valence-corrected chi connectivity index (χ4v) is 2.51. The van der Waals surface area contributed by atoms with Crippen molar-refractivity contribution in [3.63, 3.8) is 0 Å². The van der Waals surface area contributed by atoms with Gasteiger partial charge in [0.15, 0.2) is 0 Å². The van der Waals surface area contributed by atoms with E-state index in [1.807, 2.05) is 25.1 Å². The summed E-state index contributed by atoms with van der Waals surface area (Å²) in [4.78, 5) is 25.9. The van der Waals surface area contributed by atoms with E-state index in [1.54, 1.807) is 13.8 Å². The molecule has 0 saturated carbocycles. The number of nitrogens with two attached hydrogens (primary N) is 1. The van der Waals surface area contributed by atoms with Crippen LogP contribution in [-0.2, 0) is 16.1 Å². The van der Waals surface area contributed by atoms with Crippen LogP contribution in [-0.4, -0.2) is 21.7 Å². The summed E-state index contributed by atoms with van der Waals surface area (Å²) < 4.78 is 0. The molecule has 2 N–H and O–H groups in total. The average molecular weight is 290 g/mol. The molecule has 0 aliphatic carbocycles. The van der Waals surface area contributed by atoms with E-state index in [1.165, 1.54) is 4.90 Å². The SMILES string of the molecule is Cc1cc(C(N)=S)ccc1CN1C(=O)C(C)C(C)C1=O. The second-order valence-corrected chi connectivity index (χ2v) is 5.79. The van der Waals surface area contributed by atoms with E-state index in [9.17, 15) is 9.59 Å². The fourth-order valence-electron chi connectivity index (χ4n) is 2.38. The summed E-state index contributed by atoms with van der Waals surface area (Å²) in [6.07, 6.45) is 0. The molecular weight excluding hydrogens is 272 g/mol. The van der Waals surface area contributed by atoms with Crippen molar-refractivity contribution in [1.29, 1.82) is 0 Å². The van der Waals surface area contributed by atoms with Crippen molar-refractivity contribution < 1.29 is 9.59 Å². The molecule has 0 radical (unpaired) electrons. The average Bonchev–Trinajstić information content (AvgIpc) is 2.58. The minimum atomic E-state index is -0.237. The van der Waals surface area contributed by atoms with Gasteiger partial charge in [0.25, 0.3) is 0 Å². The fraction of sp³-hybridized carbons (Fsp3) is 0.400. The molecule has 106 valence electrons. The number of nitrogens with zero attached hydrogens (tertiary/aromatic N) is 1. The van der Waals surface area contributed by atoms with Gasteiger partial charge in [-0.2, -0.15) is 0 Å². The second-order valence-electron chi connectivity index (χ2n) is 5.35. The third-order valence-electron chi connectivity index (χ3n) is 4.02. The lowest BCUT2D eigenvalue weighted by Crippen LogP contribution is -2.30. The van der Waals surface area contributed by atoms with Crippen molar-refractivity contribution in [3.05, 3.63) is 34.9 Å². The third-order valence-corrected chi connectivity index (χ3v) is 4.25. The lowest BCUT2D eigenvalue weighted by molar-refractivity contribution is -0.140. The van der Waals surface area contributed by atoms with Gasteiger partial charge in [0.1, 0.15) is 4.99 Å². The van der Waals surface area contributed by atoms with Gasteiger partial charge in [-0.25, -0.2) is 0 Å². The van der Waals surface area contributed by atoms with Crippen LogP contribution >= 0.6 is 12.2 Å². The molecule has 0 spiro atoms. The van der Waals surface area contributed by atoms with Gasteiger partial charge in [-0.1, -0.05) is 38.2 Å². The number of carbonyl (C=O) groups is 2. The van der Waals surface area contributed by atoms with Crippen LogP contribution in [0.4, 0.5) is 0 Å². The number of rotatable bonds is 3. The molecule has 1 fully saturated rings. The van der Waals surface area contributed by atoms with E-state index in [-0.39, 0.29) is 23.7 Å². The lowest BCUT2D eigenvalue weighted by atomic mass is 10.00. The Morgan fingerprint density at radius 1 is 1.25 bits per heavy atom. The predicted molar refractivity (Wildman–Crippen MR) is 81.0 cm³/mol.